The Bertz CT molecular complexity index is 3860. The van der Waals surface area contributed by atoms with Gasteiger partial charge in [-0.1, -0.05) is 158 Å². The molecule has 0 N–H and O–H groups in total. The molecule has 328 valence electrons. The van der Waals surface area contributed by atoms with Gasteiger partial charge in [-0.3, -0.25) is 0 Å². The van der Waals surface area contributed by atoms with E-state index in [9.17, 15) is 0 Å². The number of rotatable bonds is 7. The highest BCUT2D eigenvalue weighted by Gasteiger charge is 2.74. The van der Waals surface area contributed by atoms with Crippen molar-refractivity contribution in [2.45, 2.75) is 37.5 Å². The summed E-state index contributed by atoms with van der Waals surface area (Å²) in [5.41, 5.74) is 16.4. The molecule has 0 saturated heterocycles. The first-order valence-corrected chi connectivity index (χ1v) is 25.4. The second-order valence-electron chi connectivity index (χ2n) is 21.3. The van der Waals surface area contributed by atoms with Gasteiger partial charge in [0.1, 0.15) is 0 Å². The van der Waals surface area contributed by atoms with Gasteiger partial charge in [-0.15, -0.1) is 0 Å². The summed E-state index contributed by atoms with van der Waals surface area (Å²) in [5, 5.41) is 10.2. The molecule has 0 heterocycles. The number of benzene rings is 11. The molecule has 11 aromatic rings. The predicted molar refractivity (Wildman–Crippen MR) is 288 cm³/mol. The number of anilines is 6. The topological polar surface area (TPSA) is 6.48 Å². The molecule has 16 rings (SSSR count). The van der Waals surface area contributed by atoms with Gasteiger partial charge in [-0.05, 0) is 188 Å². The highest BCUT2D eigenvalue weighted by Crippen LogP contribution is 2.82. The van der Waals surface area contributed by atoms with E-state index in [4.69, 9.17) is 0 Å². The summed E-state index contributed by atoms with van der Waals surface area (Å²) in [5.74, 6) is 3.32. The zero-order valence-corrected chi connectivity index (χ0v) is 38.5. The summed E-state index contributed by atoms with van der Waals surface area (Å²) in [7, 11) is 0. The van der Waals surface area contributed by atoms with Crippen LogP contribution in [0.15, 0.2) is 218 Å². The molecule has 2 spiro atoms. The van der Waals surface area contributed by atoms with Crippen LogP contribution in [0.5, 0.6) is 0 Å². The first-order valence-electron chi connectivity index (χ1n) is 25.4. The summed E-state index contributed by atoms with van der Waals surface area (Å²) in [4.78, 5) is 5.04. The average Bonchev–Trinajstić information content (AvgIpc) is 3.94. The molecule has 5 aliphatic carbocycles. The van der Waals surface area contributed by atoms with Crippen LogP contribution in [0.1, 0.15) is 43.2 Å². The molecule has 0 radical (unpaired) electrons. The van der Waals surface area contributed by atoms with Gasteiger partial charge in [0.2, 0.25) is 0 Å². The van der Waals surface area contributed by atoms with E-state index in [1.54, 1.807) is 11.1 Å². The third kappa shape index (κ3) is 5.06. The Labute approximate surface area is 403 Å². The van der Waals surface area contributed by atoms with Crippen molar-refractivity contribution in [1.82, 2.24) is 0 Å². The minimum Gasteiger partial charge on any atom is -0.310 e. The molecular formula is C67H50N2. The minimum absolute atomic E-state index is 0.0931. The molecule has 3 bridgehead atoms. The van der Waals surface area contributed by atoms with Crippen molar-refractivity contribution in [3.8, 4) is 22.3 Å². The van der Waals surface area contributed by atoms with Gasteiger partial charge in [0.05, 0.1) is 11.4 Å². The SMILES string of the molecule is c1ccc(N(c2cccc(-c3cccc4ccccc34)c2)c2ccc3ccc4c(N(c5ccccc5)c5ccc6c(c5)C5(c7ccccc7-6)C6CC7CC8CC5CC78C6)ccc5ccc2c3c54)cc1. The summed E-state index contributed by atoms with van der Waals surface area (Å²) < 4.78 is 0. The number of fused-ring (bicyclic) bond motifs is 10. The fourth-order valence-corrected chi connectivity index (χ4v) is 16.0. The molecule has 4 saturated carbocycles. The van der Waals surface area contributed by atoms with Crippen molar-refractivity contribution in [2.75, 3.05) is 9.80 Å². The van der Waals surface area contributed by atoms with Crippen molar-refractivity contribution in [3.63, 3.8) is 0 Å². The third-order valence-corrected chi connectivity index (χ3v) is 18.6. The van der Waals surface area contributed by atoms with Crippen LogP contribution in [0.25, 0.3) is 65.3 Å². The van der Waals surface area contributed by atoms with Gasteiger partial charge in [0.15, 0.2) is 0 Å². The van der Waals surface area contributed by atoms with Gasteiger partial charge in [-0.2, -0.15) is 0 Å². The fraction of sp³-hybridized carbons (Fsp3) is 0.164. The standard InChI is InChI=1S/C67H50N2/c1-3-16-50(17-4-1)68(52-20-11-15-45(35-52)55-23-12-14-42-13-7-8-21-54(42)55)62-33-27-43-26-31-59-63(34-28-44-25-30-58(62)64(43)65(44)59)69(51-18-5-2-6-19-51)53-29-32-57-56-22-9-10-24-60(56)67(61(57)39-53)48-37-46-36-47-38-49(67)41-66(46,47)40-48/h1-35,39,46-49H,36-38,40-41H2. The second-order valence-corrected chi connectivity index (χ2v) is 21.3. The smallest absolute Gasteiger partial charge is 0.0540 e. The van der Waals surface area contributed by atoms with Crippen LogP contribution in [0, 0.1) is 29.1 Å². The molecule has 69 heavy (non-hydrogen) atoms. The molecule has 5 aliphatic rings. The zero-order valence-electron chi connectivity index (χ0n) is 38.5. The first kappa shape index (κ1) is 38.3. The molecule has 0 aromatic heterocycles. The van der Waals surface area contributed by atoms with Gasteiger partial charge >= 0.3 is 0 Å². The molecule has 11 aromatic carbocycles. The predicted octanol–water partition coefficient (Wildman–Crippen LogP) is 18.1. The fourth-order valence-electron chi connectivity index (χ4n) is 16.0. The Morgan fingerprint density at radius 3 is 1.55 bits per heavy atom. The maximum Gasteiger partial charge on any atom is 0.0540 e. The molecular weight excluding hydrogens is 833 g/mol. The summed E-state index contributed by atoms with van der Waals surface area (Å²) in [6, 6.07) is 82.6. The lowest BCUT2D eigenvalue weighted by molar-refractivity contribution is -0.00187. The molecule has 4 fully saturated rings. The van der Waals surface area contributed by atoms with Crippen LogP contribution in [0.2, 0.25) is 0 Å². The summed E-state index contributed by atoms with van der Waals surface area (Å²) in [6.45, 7) is 0. The molecule has 2 nitrogen and oxygen atoms in total. The van der Waals surface area contributed by atoms with Gasteiger partial charge in [0.25, 0.3) is 0 Å². The van der Waals surface area contributed by atoms with Crippen LogP contribution < -0.4 is 9.80 Å². The van der Waals surface area contributed by atoms with E-state index in [2.05, 4.69) is 228 Å². The van der Waals surface area contributed by atoms with Crippen LogP contribution in [0.3, 0.4) is 0 Å². The normalized spacial score (nSPS) is 23.5. The number of hydrogen-bond donors (Lipinski definition) is 0. The summed E-state index contributed by atoms with van der Waals surface area (Å²) in [6.07, 6.45) is 7.14. The van der Waals surface area contributed by atoms with Crippen molar-refractivity contribution >= 4 is 77.2 Å². The molecule has 0 amide bonds. The lowest BCUT2D eigenvalue weighted by Crippen LogP contribution is -2.45. The van der Waals surface area contributed by atoms with Crippen molar-refractivity contribution in [1.29, 1.82) is 0 Å². The van der Waals surface area contributed by atoms with Crippen LogP contribution in [-0.4, -0.2) is 0 Å². The van der Waals surface area contributed by atoms with Crippen LogP contribution in [-0.2, 0) is 5.41 Å². The maximum atomic E-state index is 2.66. The van der Waals surface area contributed by atoms with Gasteiger partial charge in [0, 0.05) is 38.9 Å². The first-order chi connectivity index (χ1) is 34.2. The van der Waals surface area contributed by atoms with E-state index in [1.807, 2.05) is 0 Å². The van der Waals surface area contributed by atoms with Crippen molar-refractivity contribution < 1.29 is 0 Å². The monoisotopic (exact) mass is 882 g/mol. The van der Waals surface area contributed by atoms with E-state index in [0.717, 1.165) is 35.0 Å². The number of hydrogen-bond acceptors (Lipinski definition) is 2. The van der Waals surface area contributed by atoms with Crippen LogP contribution in [0.4, 0.5) is 34.1 Å². The molecule has 2 heteroatoms. The Morgan fingerprint density at radius 1 is 0.333 bits per heavy atom. The van der Waals surface area contributed by atoms with E-state index in [1.165, 1.54) is 120 Å². The number of nitrogens with zero attached hydrogens (tertiary/aromatic N) is 2. The maximum absolute atomic E-state index is 2.66. The largest absolute Gasteiger partial charge is 0.310 e. The Morgan fingerprint density at radius 2 is 0.855 bits per heavy atom. The molecule has 0 aliphatic heterocycles. The van der Waals surface area contributed by atoms with Crippen molar-refractivity contribution in [2.24, 2.45) is 29.1 Å². The zero-order chi connectivity index (χ0) is 45.0. The van der Waals surface area contributed by atoms with E-state index >= 15 is 0 Å². The summed E-state index contributed by atoms with van der Waals surface area (Å²) >= 11 is 0. The second kappa shape index (κ2) is 14.0. The average molecular weight is 883 g/mol. The van der Waals surface area contributed by atoms with E-state index in [0.29, 0.717) is 5.41 Å². The lowest BCUT2D eigenvalue weighted by atomic mass is 9.54. The lowest BCUT2D eigenvalue weighted by Gasteiger charge is -2.50. The Kier molecular flexibility index (Phi) is 7.75. The third-order valence-electron chi connectivity index (χ3n) is 18.6. The highest BCUT2D eigenvalue weighted by molar-refractivity contribution is 6.28. The van der Waals surface area contributed by atoms with E-state index in [-0.39, 0.29) is 5.41 Å². The van der Waals surface area contributed by atoms with Gasteiger partial charge < -0.3 is 9.80 Å². The highest BCUT2D eigenvalue weighted by atomic mass is 15.2. The Hall–Kier alpha value is -7.68. The quantitative estimate of drug-likeness (QED) is 0.147. The van der Waals surface area contributed by atoms with Crippen LogP contribution >= 0.6 is 0 Å². The minimum atomic E-state index is 0.0931. The van der Waals surface area contributed by atoms with E-state index < -0.39 is 0 Å². The number of para-hydroxylation sites is 2. The Balaban J connectivity index is 0.888. The molecule has 4 atom stereocenters. The van der Waals surface area contributed by atoms with Crippen molar-refractivity contribution in [3.05, 3.63) is 230 Å². The van der Waals surface area contributed by atoms with Gasteiger partial charge in [-0.25, -0.2) is 0 Å². The molecule has 4 unspecified atom stereocenters.